The molecule has 2 aliphatic rings. The van der Waals surface area contributed by atoms with Crippen molar-refractivity contribution >= 4 is 34.7 Å². The topological polar surface area (TPSA) is 67.4 Å². The van der Waals surface area contributed by atoms with Crippen molar-refractivity contribution in [1.82, 2.24) is 20.2 Å². The van der Waals surface area contributed by atoms with Crippen LogP contribution in [-0.2, 0) is 17.6 Å². The van der Waals surface area contributed by atoms with E-state index >= 15 is 0 Å². The van der Waals surface area contributed by atoms with Gasteiger partial charge in [0.15, 0.2) is 6.61 Å². The number of halogens is 3. The Morgan fingerprint density at radius 3 is 2.71 bits per heavy atom. The molecule has 192 valence electrons. The summed E-state index contributed by atoms with van der Waals surface area (Å²) in [4.78, 5) is 25.2. The third-order valence-electron chi connectivity index (χ3n) is 6.52. The van der Waals surface area contributed by atoms with Crippen molar-refractivity contribution in [2.24, 2.45) is 5.92 Å². The Hall–Kier alpha value is -1.98. The van der Waals surface area contributed by atoms with Gasteiger partial charge in [0.1, 0.15) is 0 Å². The highest BCUT2D eigenvalue weighted by molar-refractivity contribution is 7.13. The fraction of sp³-hybridized carbons (Fsp3) is 0.625. The normalized spacial score (nSPS) is 21.6. The first-order valence-corrected chi connectivity index (χ1v) is 13.7. The van der Waals surface area contributed by atoms with Crippen molar-refractivity contribution in [3.63, 3.8) is 0 Å². The van der Waals surface area contributed by atoms with E-state index in [1.54, 1.807) is 23.6 Å². The molecule has 0 bridgehead atoms. The fourth-order valence-corrected chi connectivity index (χ4v) is 6.27. The molecule has 1 aliphatic carbocycles. The first kappa shape index (κ1) is 26.1. The van der Waals surface area contributed by atoms with Gasteiger partial charge in [0.2, 0.25) is 5.91 Å². The number of rotatable bonds is 8. The van der Waals surface area contributed by atoms with E-state index in [0.29, 0.717) is 5.92 Å². The second-order valence-corrected chi connectivity index (χ2v) is 11.5. The van der Waals surface area contributed by atoms with E-state index in [1.165, 1.54) is 11.3 Å². The molecule has 0 aromatic carbocycles. The number of carbonyl (C=O) groups is 1. The van der Waals surface area contributed by atoms with Crippen LogP contribution in [0, 0.1) is 12.8 Å². The number of amides is 1. The third-order valence-corrected chi connectivity index (χ3v) is 8.47. The molecule has 4 rings (SSSR count). The SMILES string of the molecule is Cc1ncc(/C=C/C(=O)N[C@H]2CC[C@H](CCN3CCc4nc(OCC(F)(F)F)sc4CC3)CC2)s1. The van der Waals surface area contributed by atoms with Crippen molar-refractivity contribution < 1.29 is 22.7 Å². The Morgan fingerprint density at radius 1 is 1.23 bits per heavy atom. The zero-order chi connectivity index (χ0) is 24.8. The molecule has 1 fully saturated rings. The predicted octanol–water partition coefficient (Wildman–Crippen LogP) is 5.03. The van der Waals surface area contributed by atoms with Crippen molar-refractivity contribution in [2.45, 2.75) is 64.1 Å². The average molecular weight is 529 g/mol. The second kappa shape index (κ2) is 11.8. The van der Waals surface area contributed by atoms with Crippen molar-refractivity contribution in [3.8, 4) is 5.19 Å². The molecule has 0 radical (unpaired) electrons. The van der Waals surface area contributed by atoms with Crippen molar-refractivity contribution in [1.29, 1.82) is 0 Å². The molecule has 2 aromatic heterocycles. The van der Waals surface area contributed by atoms with Crippen LogP contribution in [0.25, 0.3) is 6.08 Å². The molecule has 0 saturated heterocycles. The molecule has 0 atom stereocenters. The lowest BCUT2D eigenvalue weighted by Crippen LogP contribution is -2.37. The lowest BCUT2D eigenvalue weighted by Gasteiger charge is -2.30. The van der Waals surface area contributed by atoms with Crippen LogP contribution < -0.4 is 10.1 Å². The van der Waals surface area contributed by atoms with Crippen LogP contribution in [0.2, 0.25) is 0 Å². The van der Waals surface area contributed by atoms with Gasteiger partial charge in [0.25, 0.3) is 5.19 Å². The van der Waals surface area contributed by atoms with Gasteiger partial charge >= 0.3 is 6.18 Å². The zero-order valence-electron chi connectivity index (χ0n) is 19.8. The quantitative estimate of drug-likeness (QED) is 0.487. The van der Waals surface area contributed by atoms with Gasteiger partial charge in [-0.2, -0.15) is 13.2 Å². The summed E-state index contributed by atoms with van der Waals surface area (Å²) in [7, 11) is 0. The number of alkyl halides is 3. The zero-order valence-corrected chi connectivity index (χ0v) is 21.4. The maximum atomic E-state index is 12.4. The largest absolute Gasteiger partial charge is 0.460 e. The Morgan fingerprint density at radius 2 is 2.00 bits per heavy atom. The molecule has 1 N–H and O–H groups in total. The number of nitrogens with zero attached hydrogens (tertiary/aromatic N) is 3. The molecule has 3 heterocycles. The summed E-state index contributed by atoms with van der Waals surface area (Å²) in [5.74, 6) is 0.619. The summed E-state index contributed by atoms with van der Waals surface area (Å²) >= 11 is 2.81. The third kappa shape index (κ3) is 8.28. The lowest BCUT2D eigenvalue weighted by molar-refractivity contribution is -0.153. The van der Waals surface area contributed by atoms with E-state index in [1.807, 2.05) is 13.0 Å². The van der Waals surface area contributed by atoms with Crippen LogP contribution in [0.15, 0.2) is 12.3 Å². The predicted molar refractivity (Wildman–Crippen MR) is 132 cm³/mol. The molecule has 1 aliphatic heterocycles. The molecule has 1 amide bonds. The smallest absolute Gasteiger partial charge is 0.422 e. The molecule has 11 heteroatoms. The summed E-state index contributed by atoms with van der Waals surface area (Å²) in [5.41, 5.74) is 0.880. The van der Waals surface area contributed by atoms with Gasteiger partial charge in [-0.1, -0.05) is 11.3 Å². The van der Waals surface area contributed by atoms with Crippen LogP contribution >= 0.6 is 22.7 Å². The average Bonchev–Trinajstić information content (AvgIpc) is 3.36. The standard InChI is InChI=1S/C24H31F3N4O2S2/c1-16-28-14-19(34-16)6-7-22(32)29-18-4-2-17(3-5-18)8-11-31-12-9-20-21(10-13-31)35-23(30-20)33-15-24(25,26)27/h6-7,14,17-18H,2-5,8-13,15H2,1H3,(H,29,32)/b7-6+/t17-,18-. The van der Waals surface area contributed by atoms with Crippen LogP contribution in [0.5, 0.6) is 5.19 Å². The monoisotopic (exact) mass is 528 g/mol. The molecular weight excluding hydrogens is 497 g/mol. The van der Waals surface area contributed by atoms with Gasteiger partial charge in [-0.3, -0.25) is 4.79 Å². The maximum Gasteiger partial charge on any atom is 0.422 e. The number of hydrogen-bond donors (Lipinski definition) is 1. The number of aryl methyl sites for hydroxylation is 1. The molecule has 0 unspecified atom stereocenters. The Bertz CT molecular complexity index is 987. The number of nitrogens with one attached hydrogen (secondary N) is 1. The molecule has 1 saturated carbocycles. The minimum Gasteiger partial charge on any atom is -0.460 e. The number of carbonyl (C=O) groups excluding carboxylic acids is 1. The van der Waals surface area contributed by atoms with Gasteiger partial charge in [-0.15, -0.1) is 11.3 Å². The summed E-state index contributed by atoms with van der Waals surface area (Å²) in [6.07, 6.45) is 7.77. The van der Waals surface area contributed by atoms with Gasteiger partial charge in [-0.25, -0.2) is 9.97 Å². The van der Waals surface area contributed by atoms with Crippen LogP contribution in [0.1, 0.15) is 52.6 Å². The van der Waals surface area contributed by atoms with Gasteiger partial charge < -0.3 is 15.0 Å². The van der Waals surface area contributed by atoms with Gasteiger partial charge in [0, 0.05) is 47.6 Å². The number of aromatic nitrogens is 2. The first-order chi connectivity index (χ1) is 16.7. The van der Waals surface area contributed by atoms with E-state index < -0.39 is 12.8 Å². The number of thiazole rings is 2. The van der Waals surface area contributed by atoms with Crippen LogP contribution in [-0.4, -0.2) is 59.2 Å². The van der Waals surface area contributed by atoms with E-state index in [-0.39, 0.29) is 17.1 Å². The summed E-state index contributed by atoms with van der Waals surface area (Å²) in [5, 5.41) is 4.24. The minimum absolute atomic E-state index is 0.0443. The van der Waals surface area contributed by atoms with Crippen molar-refractivity contribution in [2.75, 3.05) is 26.2 Å². The Labute approximate surface area is 211 Å². The molecule has 0 spiro atoms. The highest BCUT2D eigenvalue weighted by Crippen LogP contribution is 2.31. The van der Waals surface area contributed by atoms with E-state index in [2.05, 4.69) is 20.2 Å². The Balaban J connectivity index is 1.13. The minimum atomic E-state index is -4.34. The molecule has 2 aromatic rings. The Kier molecular flexibility index (Phi) is 8.82. The van der Waals surface area contributed by atoms with Gasteiger partial charge in [-0.05, 0) is 64.0 Å². The summed E-state index contributed by atoms with van der Waals surface area (Å²) < 4.78 is 41.9. The van der Waals surface area contributed by atoms with E-state index in [9.17, 15) is 18.0 Å². The number of fused-ring (bicyclic) bond motifs is 1. The van der Waals surface area contributed by atoms with Crippen LogP contribution in [0.3, 0.4) is 0 Å². The van der Waals surface area contributed by atoms with Crippen molar-refractivity contribution in [3.05, 3.63) is 32.7 Å². The van der Waals surface area contributed by atoms with E-state index in [0.717, 1.165) is 85.0 Å². The summed E-state index contributed by atoms with van der Waals surface area (Å²) in [6.45, 7) is 3.43. The molecule has 6 nitrogen and oxygen atoms in total. The number of ether oxygens (including phenoxy) is 1. The molecular formula is C24H31F3N4O2S2. The lowest BCUT2D eigenvalue weighted by atomic mass is 9.84. The maximum absolute atomic E-state index is 12.4. The van der Waals surface area contributed by atoms with Crippen LogP contribution in [0.4, 0.5) is 13.2 Å². The molecule has 35 heavy (non-hydrogen) atoms. The van der Waals surface area contributed by atoms with Gasteiger partial charge in [0.05, 0.1) is 10.7 Å². The first-order valence-electron chi connectivity index (χ1n) is 12.0. The highest BCUT2D eigenvalue weighted by atomic mass is 32.1. The van der Waals surface area contributed by atoms with E-state index in [4.69, 9.17) is 4.74 Å². The number of hydrogen-bond acceptors (Lipinski definition) is 7. The highest BCUT2D eigenvalue weighted by Gasteiger charge is 2.30. The second-order valence-electron chi connectivity index (χ2n) is 9.23. The summed E-state index contributed by atoms with van der Waals surface area (Å²) in [6, 6.07) is 0.237. The fourth-order valence-electron chi connectivity index (χ4n) is 4.64.